The molecule has 2 fully saturated rings. The summed E-state index contributed by atoms with van der Waals surface area (Å²) in [7, 11) is 0. The van der Waals surface area contributed by atoms with Crippen LogP contribution in [0.15, 0.2) is 35.9 Å². The first kappa shape index (κ1) is 14.9. The van der Waals surface area contributed by atoms with Gasteiger partial charge < -0.3 is 4.74 Å². The average Bonchev–Trinajstić information content (AvgIpc) is 2.97. The summed E-state index contributed by atoms with van der Waals surface area (Å²) in [5.41, 5.74) is 2.48. The second kappa shape index (κ2) is 4.68. The number of hydrogen-bond donors (Lipinski definition) is 0. The summed E-state index contributed by atoms with van der Waals surface area (Å²) < 4.78 is 19.0. The van der Waals surface area contributed by atoms with Gasteiger partial charge in [-0.2, -0.15) is 0 Å². The lowest BCUT2D eigenvalue weighted by atomic mass is 9.57. The number of carbonyl (C=O) groups is 1. The monoisotopic (exact) mass is 314 g/mol. The normalized spacial score (nSPS) is 37.8. The van der Waals surface area contributed by atoms with Crippen LogP contribution in [0.2, 0.25) is 0 Å². The van der Waals surface area contributed by atoms with Crippen molar-refractivity contribution in [1.29, 1.82) is 0 Å². The largest absolute Gasteiger partial charge is 0.457 e. The Kier molecular flexibility index (Phi) is 3.04. The molecule has 0 spiro atoms. The molecule has 1 saturated carbocycles. The van der Waals surface area contributed by atoms with Crippen molar-refractivity contribution in [2.75, 3.05) is 0 Å². The zero-order valence-corrected chi connectivity index (χ0v) is 13.9. The summed E-state index contributed by atoms with van der Waals surface area (Å²) in [4.78, 5) is 12.5. The Labute approximate surface area is 136 Å². The standard InChI is InChI=1S/C20H23FO2/c1-19(2)9-4-10-20(3)15(19)11-14-16(20)17(23-18(14)22)12-5-7-13(21)8-6-12/h5-8,11,14,16-17H,4,9-10H2,1-3H3/t14-,16+,17-,20+/m1/s1. The molecule has 0 bridgehead atoms. The molecule has 3 aliphatic rings. The molecule has 0 amide bonds. The van der Waals surface area contributed by atoms with E-state index >= 15 is 0 Å². The van der Waals surface area contributed by atoms with Crippen molar-refractivity contribution in [2.45, 2.75) is 46.1 Å². The first-order valence-electron chi connectivity index (χ1n) is 8.52. The molecule has 0 N–H and O–H groups in total. The van der Waals surface area contributed by atoms with Crippen LogP contribution in [-0.2, 0) is 9.53 Å². The number of fused-ring (bicyclic) bond motifs is 3. The summed E-state index contributed by atoms with van der Waals surface area (Å²) in [6, 6.07) is 6.41. The predicted octanol–water partition coefficient (Wildman–Crippen LogP) is 4.81. The Morgan fingerprint density at radius 3 is 2.52 bits per heavy atom. The number of carbonyl (C=O) groups excluding carboxylic acids is 1. The van der Waals surface area contributed by atoms with Crippen LogP contribution in [0.1, 0.15) is 51.7 Å². The number of hydrogen-bond acceptors (Lipinski definition) is 2. The van der Waals surface area contributed by atoms with Gasteiger partial charge >= 0.3 is 5.97 Å². The summed E-state index contributed by atoms with van der Waals surface area (Å²) >= 11 is 0. The number of benzene rings is 1. The third-order valence-corrected chi connectivity index (χ3v) is 6.35. The van der Waals surface area contributed by atoms with E-state index in [2.05, 4.69) is 26.8 Å². The molecule has 0 radical (unpaired) electrons. The maximum atomic E-state index is 13.2. The van der Waals surface area contributed by atoms with Gasteiger partial charge in [-0.3, -0.25) is 4.79 Å². The van der Waals surface area contributed by atoms with Gasteiger partial charge in [0.25, 0.3) is 0 Å². The van der Waals surface area contributed by atoms with Gasteiger partial charge in [0.2, 0.25) is 0 Å². The smallest absolute Gasteiger partial charge is 0.313 e. The van der Waals surface area contributed by atoms with Crippen molar-refractivity contribution in [1.82, 2.24) is 0 Å². The van der Waals surface area contributed by atoms with Crippen molar-refractivity contribution < 1.29 is 13.9 Å². The number of rotatable bonds is 1. The molecule has 4 atom stereocenters. The van der Waals surface area contributed by atoms with Crippen molar-refractivity contribution in [3.05, 3.63) is 47.3 Å². The summed E-state index contributed by atoms with van der Waals surface area (Å²) in [6.07, 6.45) is 5.37. The first-order chi connectivity index (χ1) is 10.8. The number of esters is 1. The molecular weight excluding hydrogens is 291 g/mol. The van der Waals surface area contributed by atoms with Crippen LogP contribution in [0.25, 0.3) is 0 Å². The van der Waals surface area contributed by atoms with Crippen LogP contribution in [-0.4, -0.2) is 5.97 Å². The average molecular weight is 314 g/mol. The third-order valence-electron chi connectivity index (χ3n) is 6.35. The van der Waals surface area contributed by atoms with E-state index in [1.807, 2.05) is 0 Å². The molecule has 1 saturated heterocycles. The van der Waals surface area contributed by atoms with Gasteiger partial charge in [0.15, 0.2) is 0 Å². The molecular formula is C20H23FO2. The summed E-state index contributed by atoms with van der Waals surface area (Å²) in [6.45, 7) is 6.87. The minimum absolute atomic E-state index is 0.00235. The fraction of sp³-hybridized carbons (Fsp3) is 0.550. The van der Waals surface area contributed by atoms with Crippen LogP contribution >= 0.6 is 0 Å². The fourth-order valence-electron chi connectivity index (χ4n) is 5.32. The molecule has 2 aliphatic carbocycles. The van der Waals surface area contributed by atoms with Gasteiger partial charge in [-0.05, 0) is 41.4 Å². The quantitative estimate of drug-likeness (QED) is 0.549. The second-order valence-corrected chi connectivity index (χ2v) is 8.20. The van der Waals surface area contributed by atoms with Crippen LogP contribution in [0.3, 0.4) is 0 Å². The van der Waals surface area contributed by atoms with Crippen LogP contribution < -0.4 is 0 Å². The Bertz CT molecular complexity index is 688. The zero-order valence-electron chi connectivity index (χ0n) is 13.9. The molecule has 23 heavy (non-hydrogen) atoms. The molecule has 4 rings (SSSR count). The van der Waals surface area contributed by atoms with Crippen molar-refractivity contribution in [2.24, 2.45) is 22.7 Å². The molecule has 0 aromatic heterocycles. The second-order valence-electron chi connectivity index (χ2n) is 8.20. The molecule has 2 nitrogen and oxygen atoms in total. The maximum Gasteiger partial charge on any atom is 0.313 e. The van der Waals surface area contributed by atoms with Gasteiger partial charge in [0.1, 0.15) is 11.9 Å². The van der Waals surface area contributed by atoms with Crippen LogP contribution in [0.5, 0.6) is 0 Å². The maximum absolute atomic E-state index is 13.2. The van der Waals surface area contributed by atoms with Crippen molar-refractivity contribution >= 4 is 5.97 Å². The fourth-order valence-corrected chi connectivity index (χ4v) is 5.32. The van der Waals surface area contributed by atoms with E-state index in [0.717, 1.165) is 12.0 Å². The highest BCUT2D eigenvalue weighted by molar-refractivity contribution is 5.79. The molecule has 1 aromatic carbocycles. The minimum atomic E-state index is -0.263. The minimum Gasteiger partial charge on any atom is -0.457 e. The highest BCUT2D eigenvalue weighted by atomic mass is 19.1. The number of cyclic esters (lactones) is 1. The van der Waals surface area contributed by atoms with E-state index in [1.165, 1.54) is 30.5 Å². The molecule has 1 aromatic rings. The lowest BCUT2D eigenvalue weighted by Crippen LogP contribution is -2.38. The highest BCUT2D eigenvalue weighted by Gasteiger charge is 2.61. The Morgan fingerprint density at radius 1 is 1.13 bits per heavy atom. The lowest BCUT2D eigenvalue weighted by molar-refractivity contribution is -0.143. The molecule has 3 heteroatoms. The van der Waals surface area contributed by atoms with Crippen molar-refractivity contribution in [3.8, 4) is 0 Å². The molecule has 0 unspecified atom stereocenters. The number of ether oxygens (including phenoxy) is 1. The molecule has 122 valence electrons. The SMILES string of the molecule is CC1(C)CCC[C@@]2(C)C1=C[C@H]1C(=O)O[C@H](c3ccc(F)cc3)[C@H]12. The van der Waals surface area contributed by atoms with Crippen LogP contribution in [0.4, 0.5) is 4.39 Å². The first-order valence-corrected chi connectivity index (χ1v) is 8.52. The van der Waals surface area contributed by atoms with E-state index in [-0.39, 0.29) is 40.6 Å². The van der Waals surface area contributed by atoms with Gasteiger partial charge in [-0.1, -0.05) is 51.0 Å². The van der Waals surface area contributed by atoms with Gasteiger partial charge in [-0.15, -0.1) is 0 Å². The van der Waals surface area contributed by atoms with Gasteiger partial charge in [0.05, 0.1) is 5.92 Å². The van der Waals surface area contributed by atoms with E-state index in [9.17, 15) is 9.18 Å². The van der Waals surface area contributed by atoms with E-state index in [1.54, 1.807) is 12.1 Å². The van der Waals surface area contributed by atoms with E-state index in [0.29, 0.717) is 0 Å². The Morgan fingerprint density at radius 2 is 1.83 bits per heavy atom. The topological polar surface area (TPSA) is 26.3 Å². The zero-order chi connectivity index (χ0) is 16.4. The van der Waals surface area contributed by atoms with E-state index < -0.39 is 0 Å². The van der Waals surface area contributed by atoms with Gasteiger partial charge in [0, 0.05) is 5.92 Å². The molecule has 1 heterocycles. The number of allylic oxidation sites excluding steroid dienone is 1. The summed E-state index contributed by atoms with van der Waals surface area (Å²) in [5.74, 6) is -0.398. The third kappa shape index (κ3) is 2.02. The highest BCUT2D eigenvalue weighted by Crippen LogP contribution is 2.65. The summed E-state index contributed by atoms with van der Waals surface area (Å²) in [5, 5.41) is 0. The lowest BCUT2D eigenvalue weighted by Gasteiger charge is -2.47. The Balaban J connectivity index is 1.78. The van der Waals surface area contributed by atoms with Gasteiger partial charge in [-0.25, -0.2) is 4.39 Å². The van der Waals surface area contributed by atoms with E-state index in [4.69, 9.17) is 4.74 Å². The predicted molar refractivity (Wildman–Crippen MR) is 86.0 cm³/mol. The molecule has 1 aliphatic heterocycles. The van der Waals surface area contributed by atoms with Crippen molar-refractivity contribution in [3.63, 3.8) is 0 Å². The Hall–Kier alpha value is -1.64. The van der Waals surface area contributed by atoms with Crippen LogP contribution in [0, 0.1) is 28.5 Å². The number of halogens is 1.